The number of rotatable bonds is 5. The molecule has 8 heteroatoms. The van der Waals surface area contributed by atoms with Crippen molar-refractivity contribution in [1.29, 1.82) is 0 Å². The van der Waals surface area contributed by atoms with Gasteiger partial charge in [0.1, 0.15) is 11.8 Å². The maximum absolute atomic E-state index is 13.4. The minimum atomic E-state index is -0.453. The van der Waals surface area contributed by atoms with E-state index in [1.165, 1.54) is 0 Å². The number of methoxy groups -OCH3 is 1. The van der Waals surface area contributed by atoms with E-state index in [1.54, 1.807) is 36.3 Å². The summed E-state index contributed by atoms with van der Waals surface area (Å²) in [7, 11) is 1.62. The van der Waals surface area contributed by atoms with Crippen LogP contribution in [0.5, 0.6) is 5.75 Å². The van der Waals surface area contributed by atoms with Crippen LogP contribution in [0.15, 0.2) is 90.4 Å². The van der Waals surface area contributed by atoms with Crippen LogP contribution >= 0.6 is 0 Å². The molecule has 5 rings (SSSR count). The Kier molecular flexibility index (Phi) is 5.32. The van der Waals surface area contributed by atoms with E-state index in [0.29, 0.717) is 28.7 Å². The van der Waals surface area contributed by atoms with Gasteiger partial charge in [0, 0.05) is 17.5 Å². The maximum atomic E-state index is 13.4. The van der Waals surface area contributed by atoms with E-state index < -0.39 is 6.04 Å². The second-order valence-corrected chi connectivity index (χ2v) is 7.61. The predicted octanol–water partition coefficient (Wildman–Crippen LogP) is 4.28. The molecule has 1 amide bonds. The summed E-state index contributed by atoms with van der Waals surface area (Å²) in [6.07, 6.45) is 3.28. The van der Waals surface area contributed by atoms with Crippen LogP contribution in [0.3, 0.4) is 0 Å². The van der Waals surface area contributed by atoms with Crippen molar-refractivity contribution < 1.29 is 9.53 Å². The lowest BCUT2D eigenvalue weighted by Gasteiger charge is -2.28. The van der Waals surface area contributed by atoms with Crippen molar-refractivity contribution in [3.63, 3.8) is 0 Å². The lowest BCUT2D eigenvalue weighted by atomic mass is 9.95. The third-order valence-corrected chi connectivity index (χ3v) is 5.46. The number of hydrogen-bond donors (Lipinski definition) is 2. The number of allylic oxidation sites excluding steroid dienone is 1. The molecule has 0 saturated carbocycles. The average Bonchev–Trinajstić information content (AvgIpc) is 3.28. The van der Waals surface area contributed by atoms with Gasteiger partial charge >= 0.3 is 0 Å². The number of carbonyl (C=O) groups excluding carboxylic acids is 1. The minimum absolute atomic E-state index is 0.231. The molecule has 1 aliphatic heterocycles. The van der Waals surface area contributed by atoms with Crippen LogP contribution in [-0.2, 0) is 4.79 Å². The fourth-order valence-corrected chi connectivity index (χ4v) is 3.91. The molecule has 0 fully saturated rings. The zero-order chi connectivity index (χ0) is 22.8. The summed E-state index contributed by atoms with van der Waals surface area (Å²) in [4.78, 5) is 22.2. The molecule has 0 bridgehead atoms. The maximum Gasteiger partial charge on any atom is 0.255 e. The molecule has 2 aromatic heterocycles. The number of amides is 1. The van der Waals surface area contributed by atoms with Crippen LogP contribution in [0.2, 0.25) is 0 Å². The molecule has 0 aliphatic carbocycles. The molecule has 2 aromatic carbocycles. The van der Waals surface area contributed by atoms with E-state index >= 15 is 0 Å². The Labute approximate surface area is 191 Å². The Morgan fingerprint density at radius 1 is 1.09 bits per heavy atom. The van der Waals surface area contributed by atoms with Crippen LogP contribution in [0.25, 0.3) is 11.4 Å². The lowest BCUT2D eigenvalue weighted by Crippen LogP contribution is -2.31. The highest BCUT2D eigenvalue weighted by atomic mass is 16.5. The number of ether oxygens (including phenoxy) is 1. The van der Waals surface area contributed by atoms with Gasteiger partial charge in [0.2, 0.25) is 5.95 Å². The summed E-state index contributed by atoms with van der Waals surface area (Å²) >= 11 is 0. The molecular formula is C25H22N6O2. The van der Waals surface area contributed by atoms with Crippen LogP contribution in [0.4, 0.5) is 11.6 Å². The molecular weight excluding hydrogens is 416 g/mol. The van der Waals surface area contributed by atoms with E-state index in [4.69, 9.17) is 14.8 Å². The number of carbonyl (C=O) groups is 1. The molecule has 0 radical (unpaired) electrons. The molecule has 1 unspecified atom stereocenters. The van der Waals surface area contributed by atoms with Crippen LogP contribution in [-0.4, -0.2) is 32.8 Å². The van der Waals surface area contributed by atoms with Gasteiger partial charge in [-0.3, -0.25) is 9.78 Å². The average molecular weight is 438 g/mol. The molecule has 1 aliphatic rings. The number of hydrogen-bond acceptors (Lipinski definition) is 6. The second-order valence-electron chi connectivity index (χ2n) is 7.61. The molecule has 164 valence electrons. The SMILES string of the molecule is COc1cccc(-c2nc3n(n2)C(c2ccccc2)C(C(=O)Nc2cccnc2)=C(C)N3)c1. The highest BCUT2D eigenvalue weighted by Gasteiger charge is 2.34. The number of benzene rings is 2. The number of pyridine rings is 1. The Hall–Kier alpha value is -4.46. The second kappa shape index (κ2) is 8.58. The van der Waals surface area contributed by atoms with E-state index in [-0.39, 0.29) is 5.91 Å². The predicted molar refractivity (Wildman–Crippen MR) is 126 cm³/mol. The van der Waals surface area contributed by atoms with Crippen molar-refractivity contribution in [2.45, 2.75) is 13.0 Å². The molecule has 0 spiro atoms. The summed E-state index contributed by atoms with van der Waals surface area (Å²) in [5.41, 5.74) is 3.64. The van der Waals surface area contributed by atoms with E-state index in [0.717, 1.165) is 16.9 Å². The third-order valence-electron chi connectivity index (χ3n) is 5.46. The summed E-state index contributed by atoms with van der Waals surface area (Å²) in [5.74, 6) is 1.60. The molecule has 33 heavy (non-hydrogen) atoms. The fraction of sp³-hybridized carbons (Fsp3) is 0.120. The van der Waals surface area contributed by atoms with E-state index in [2.05, 4.69) is 15.6 Å². The van der Waals surface area contributed by atoms with Gasteiger partial charge in [0.25, 0.3) is 5.91 Å². The van der Waals surface area contributed by atoms with Gasteiger partial charge in [-0.05, 0) is 36.8 Å². The van der Waals surface area contributed by atoms with Crippen molar-refractivity contribution in [2.24, 2.45) is 0 Å². The number of nitrogens with one attached hydrogen (secondary N) is 2. The number of aromatic nitrogens is 4. The number of nitrogens with zero attached hydrogens (tertiary/aromatic N) is 4. The fourth-order valence-electron chi connectivity index (χ4n) is 3.91. The van der Waals surface area contributed by atoms with Crippen LogP contribution in [0.1, 0.15) is 18.5 Å². The first-order valence-corrected chi connectivity index (χ1v) is 10.5. The molecule has 0 saturated heterocycles. The number of anilines is 2. The Balaban J connectivity index is 1.59. The minimum Gasteiger partial charge on any atom is -0.497 e. The molecule has 1 atom stereocenters. The summed E-state index contributed by atoms with van der Waals surface area (Å²) in [6.45, 7) is 1.87. The van der Waals surface area contributed by atoms with Crippen LogP contribution in [0, 0.1) is 0 Å². The van der Waals surface area contributed by atoms with E-state index in [1.807, 2.05) is 61.5 Å². The Morgan fingerprint density at radius 3 is 2.70 bits per heavy atom. The lowest BCUT2D eigenvalue weighted by molar-refractivity contribution is -0.113. The van der Waals surface area contributed by atoms with Crippen LogP contribution < -0.4 is 15.4 Å². The smallest absolute Gasteiger partial charge is 0.255 e. The first-order chi connectivity index (χ1) is 16.1. The first kappa shape index (κ1) is 20.4. The molecule has 3 heterocycles. The van der Waals surface area contributed by atoms with Gasteiger partial charge in [0.05, 0.1) is 24.6 Å². The van der Waals surface area contributed by atoms with Gasteiger partial charge < -0.3 is 15.4 Å². The van der Waals surface area contributed by atoms with Gasteiger partial charge in [-0.2, -0.15) is 4.98 Å². The van der Waals surface area contributed by atoms with Crippen molar-refractivity contribution in [2.75, 3.05) is 17.7 Å². The largest absolute Gasteiger partial charge is 0.497 e. The Morgan fingerprint density at radius 2 is 1.94 bits per heavy atom. The van der Waals surface area contributed by atoms with Gasteiger partial charge in [0.15, 0.2) is 5.82 Å². The first-order valence-electron chi connectivity index (χ1n) is 10.5. The van der Waals surface area contributed by atoms with Gasteiger partial charge in [-0.1, -0.05) is 42.5 Å². The highest BCUT2D eigenvalue weighted by molar-refractivity contribution is 6.05. The van der Waals surface area contributed by atoms with Gasteiger partial charge in [-0.25, -0.2) is 4.68 Å². The zero-order valence-corrected chi connectivity index (χ0v) is 18.2. The van der Waals surface area contributed by atoms with Crippen molar-refractivity contribution in [3.05, 3.63) is 96.0 Å². The number of fused-ring (bicyclic) bond motifs is 1. The third kappa shape index (κ3) is 3.94. The standard InChI is InChI=1S/C25H22N6O2/c1-16-21(24(32)28-19-11-7-13-26-15-19)22(17-8-4-3-5-9-17)31-25(27-16)29-23(30-31)18-10-6-12-20(14-18)33-2/h3-15,22H,1-2H3,(H,28,32)(H,27,29,30). The van der Waals surface area contributed by atoms with Crippen molar-refractivity contribution >= 4 is 17.5 Å². The Bertz CT molecular complexity index is 1330. The zero-order valence-electron chi connectivity index (χ0n) is 18.2. The topological polar surface area (TPSA) is 94.0 Å². The normalized spacial score (nSPS) is 14.9. The summed E-state index contributed by atoms with van der Waals surface area (Å²) < 4.78 is 7.11. The van der Waals surface area contributed by atoms with Gasteiger partial charge in [-0.15, -0.1) is 5.10 Å². The monoisotopic (exact) mass is 438 g/mol. The summed E-state index contributed by atoms with van der Waals surface area (Å²) in [5, 5.41) is 11.0. The molecule has 4 aromatic rings. The molecule has 8 nitrogen and oxygen atoms in total. The van der Waals surface area contributed by atoms with Crippen molar-refractivity contribution in [3.8, 4) is 17.1 Å². The summed E-state index contributed by atoms with van der Waals surface area (Å²) in [6, 6.07) is 20.5. The van der Waals surface area contributed by atoms with Crippen molar-refractivity contribution in [1.82, 2.24) is 19.7 Å². The van der Waals surface area contributed by atoms with E-state index in [9.17, 15) is 4.79 Å². The highest BCUT2D eigenvalue weighted by Crippen LogP contribution is 2.37. The quantitative estimate of drug-likeness (QED) is 0.483. The molecule has 2 N–H and O–H groups in total.